The van der Waals surface area contributed by atoms with E-state index in [1.807, 2.05) is 24.4 Å². The smallest absolute Gasteiger partial charge is 0.129 e. The van der Waals surface area contributed by atoms with Crippen molar-refractivity contribution in [2.45, 2.75) is 13.3 Å². The summed E-state index contributed by atoms with van der Waals surface area (Å²) in [5.41, 5.74) is 1.06. The fraction of sp³-hybridized carbons (Fsp3) is 0.231. The third kappa shape index (κ3) is 1.89. The summed E-state index contributed by atoms with van der Waals surface area (Å²) in [4.78, 5) is 14.9. The van der Waals surface area contributed by atoms with Crippen LogP contribution in [0.2, 0.25) is 0 Å². The Balaban J connectivity index is 2.15. The molecule has 3 rings (SSSR count). The minimum absolute atomic E-state index is 0.422. The predicted octanol–water partition coefficient (Wildman–Crippen LogP) is 3.79. The van der Waals surface area contributed by atoms with Gasteiger partial charge >= 0.3 is 0 Å². The van der Waals surface area contributed by atoms with Crippen molar-refractivity contribution in [3.8, 4) is 5.75 Å². The van der Waals surface area contributed by atoms with Gasteiger partial charge < -0.3 is 9.53 Å². The summed E-state index contributed by atoms with van der Waals surface area (Å²) in [7, 11) is 0. The van der Waals surface area contributed by atoms with Crippen LogP contribution in [-0.2, 0) is 4.79 Å². The average Bonchev–Trinajstić information content (AvgIpc) is 2.94. The maximum Gasteiger partial charge on any atom is 0.129 e. The molecule has 0 fully saturated rings. The van der Waals surface area contributed by atoms with Crippen molar-refractivity contribution in [3.63, 3.8) is 0 Å². The molecule has 18 heavy (non-hydrogen) atoms. The van der Waals surface area contributed by atoms with Crippen LogP contribution in [0.3, 0.4) is 0 Å². The van der Waals surface area contributed by atoms with E-state index in [0.717, 1.165) is 37.3 Å². The van der Waals surface area contributed by atoms with E-state index in [2.05, 4.69) is 4.98 Å². The van der Waals surface area contributed by atoms with Gasteiger partial charge in [-0.1, -0.05) is 0 Å². The molecule has 0 saturated carbocycles. The van der Waals surface area contributed by atoms with E-state index in [9.17, 15) is 4.79 Å². The van der Waals surface area contributed by atoms with Gasteiger partial charge in [-0.15, -0.1) is 22.7 Å². The Bertz CT molecular complexity index is 714. The zero-order chi connectivity index (χ0) is 12.5. The maximum absolute atomic E-state index is 10.3. The highest BCUT2D eigenvalue weighted by Crippen LogP contribution is 2.38. The summed E-state index contributed by atoms with van der Waals surface area (Å²) < 4.78 is 8.00. The first-order valence-electron chi connectivity index (χ1n) is 5.63. The van der Waals surface area contributed by atoms with Gasteiger partial charge in [0.25, 0.3) is 0 Å². The maximum atomic E-state index is 10.3. The predicted molar refractivity (Wildman–Crippen MR) is 75.9 cm³/mol. The molecule has 0 spiro atoms. The molecule has 0 saturated heterocycles. The van der Waals surface area contributed by atoms with Crippen LogP contribution in [0.4, 0.5) is 0 Å². The number of rotatable bonds is 4. The molecule has 0 atom stereocenters. The van der Waals surface area contributed by atoms with Crippen LogP contribution >= 0.6 is 22.7 Å². The Kier molecular flexibility index (Phi) is 3.01. The summed E-state index contributed by atoms with van der Waals surface area (Å²) in [6, 6.07) is 4.07. The molecule has 0 radical (unpaired) electrons. The SMILES string of the molecule is Cc1nc2c(cc(OCCC=O)c3ccsc32)s1. The van der Waals surface area contributed by atoms with Gasteiger partial charge in [0.15, 0.2) is 0 Å². The van der Waals surface area contributed by atoms with E-state index in [-0.39, 0.29) is 0 Å². The highest BCUT2D eigenvalue weighted by molar-refractivity contribution is 7.21. The van der Waals surface area contributed by atoms with Crippen LogP contribution in [0.25, 0.3) is 20.3 Å². The molecule has 0 aliphatic rings. The van der Waals surface area contributed by atoms with Gasteiger partial charge in [0.2, 0.25) is 0 Å². The van der Waals surface area contributed by atoms with Gasteiger partial charge in [-0.05, 0) is 18.4 Å². The minimum atomic E-state index is 0.422. The van der Waals surface area contributed by atoms with Crippen LogP contribution in [0.1, 0.15) is 11.4 Å². The number of hydrogen-bond acceptors (Lipinski definition) is 5. The second-order valence-corrected chi connectivity index (χ2v) is 6.07. The number of ether oxygens (including phenoxy) is 1. The van der Waals surface area contributed by atoms with E-state index < -0.39 is 0 Å². The molecule has 5 heteroatoms. The molecule has 2 aromatic heterocycles. The number of thiophene rings is 1. The van der Waals surface area contributed by atoms with E-state index in [0.29, 0.717) is 13.0 Å². The molecule has 0 bridgehead atoms. The lowest BCUT2D eigenvalue weighted by Crippen LogP contribution is -1.97. The summed E-state index contributed by atoms with van der Waals surface area (Å²) in [6.45, 7) is 2.44. The fourth-order valence-corrected chi connectivity index (χ4v) is 3.76. The van der Waals surface area contributed by atoms with Crippen molar-refractivity contribution < 1.29 is 9.53 Å². The summed E-state index contributed by atoms with van der Waals surface area (Å²) in [5, 5.41) is 4.19. The quantitative estimate of drug-likeness (QED) is 0.538. The highest BCUT2D eigenvalue weighted by Gasteiger charge is 2.12. The van der Waals surface area contributed by atoms with Crippen LogP contribution in [0, 0.1) is 6.92 Å². The summed E-state index contributed by atoms with van der Waals surface area (Å²) in [6.07, 6.45) is 1.30. The molecule has 0 unspecified atom stereocenters. The normalized spacial score (nSPS) is 11.2. The van der Waals surface area contributed by atoms with E-state index in [4.69, 9.17) is 4.74 Å². The summed E-state index contributed by atoms with van der Waals surface area (Å²) in [5.74, 6) is 0.851. The zero-order valence-corrected chi connectivity index (χ0v) is 11.4. The zero-order valence-electron chi connectivity index (χ0n) is 9.80. The molecule has 92 valence electrons. The van der Waals surface area contributed by atoms with Gasteiger partial charge in [0.05, 0.1) is 26.5 Å². The molecular weight excluding hydrogens is 266 g/mol. The van der Waals surface area contributed by atoms with E-state index in [1.165, 1.54) is 0 Å². The first-order valence-corrected chi connectivity index (χ1v) is 7.33. The number of carbonyl (C=O) groups excluding carboxylic acids is 1. The first-order chi connectivity index (χ1) is 8.79. The van der Waals surface area contributed by atoms with Gasteiger partial charge in [-0.3, -0.25) is 0 Å². The van der Waals surface area contributed by atoms with Crippen molar-refractivity contribution in [1.29, 1.82) is 0 Å². The Morgan fingerprint density at radius 1 is 1.50 bits per heavy atom. The Hall–Kier alpha value is -1.46. The fourth-order valence-electron chi connectivity index (χ4n) is 1.92. The number of nitrogens with zero attached hydrogens (tertiary/aromatic N) is 1. The van der Waals surface area contributed by atoms with Gasteiger partial charge in [-0.25, -0.2) is 4.98 Å². The topological polar surface area (TPSA) is 39.2 Å². The van der Waals surface area contributed by atoms with Crippen molar-refractivity contribution in [3.05, 3.63) is 22.5 Å². The van der Waals surface area contributed by atoms with Crippen molar-refractivity contribution >= 4 is 49.3 Å². The van der Waals surface area contributed by atoms with Gasteiger partial charge in [0.1, 0.15) is 12.0 Å². The lowest BCUT2D eigenvalue weighted by Gasteiger charge is -2.05. The molecule has 0 aliphatic heterocycles. The molecular formula is C13H11NO2S2. The second-order valence-electron chi connectivity index (χ2n) is 3.92. The number of thiazole rings is 1. The average molecular weight is 277 g/mol. The van der Waals surface area contributed by atoms with Gasteiger partial charge in [0, 0.05) is 17.9 Å². The minimum Gasteiger partial charge on any atom is -0.492 e. The molecule has 1 aromatic carbocycles. The summed E-state index contributed by atoms with van der Waals surface area (Å²) >= 11 is 3.35. The third-order valence-corrected chi connectivity index (χ3v) is 4.50. The van der Waals surface area contributed by atoms with Crippen LogP contribution < -0.4 is 4.74 Å². The molecule has 0 N–H and O–H groups in total. The number of aryl methyl sites for hydroxylation is 1. The number of benzene rings is 1. The van der Waals surface area contributed by atoms with E-state index in [1.54, 1.807) is 22.7 Å². The number of aldehydes is 1. The molecule has 0 aliphatic carbocycles. The number of hydrogen-bond donors (Lipinski definition) is 0. The van der Waals surface area contributed by atoms with Crippen LogP contribution in [0.5, 0.6) is 5.75 Å². The Labute approximate surface area is 112 Å². The standard InChI is InChI=1S/C13H11NO2S2/c1-8-14-12-11(18-8)7-10(16-5-2-4-15)9-3-6-17-13(9)12/h3-4,6-7H,2,5H2,1H3. The van der Waals surface area contributed by atoms with Crippen molar-refractivity contribution in [2.75, 3.05) is 6.61 Å². The number of carbonyl (C=O) groups is 1. The van der Waals surface area contributed by atoms with Crippen LogP contribution in [-0.4, -0.2) is 17.9 Å². The first kappa shape index (κ1) is 11.6. The number of aromatic nitrogens is 1. The van der Waals surface area contributed by atoms with Crippen molar-refractivity contribution in [2.24, 2.45) is 0 Å². The lowest BCUT2D eigenvalue weighted by molar-refractivity contribution is -0.108. The molecule has 2 heterocycles. The monoisotopic (exact) mass is 277 g/mol. The number of fused-ring (bicyclic) bond motifs is 3. The van der Waals surface area contributed by atoms with Gasteiger partial charge in [-0.2, -0.15) is 0 Å². The van der Waals surface area contributed by atoms with E-state index >= 15 is 0 Å². The molecule has 0 amide bonds. The lowest BCUT2D eigenvalue weighted by atomic mass is 10.2. The Morgan fingerprint density at radius 3 is 3.22 bits per heavy atom. The second kappa shape index (κ2) is 4.66. The Morgan fingerprint density at radius 2 is 2.39 bits per heavy atom. The third-order valence-electron chi connectivity index (χ3n) is 2.66. The van der Waals surface area contributed by atoms with Crippen LogP contribution in [0.15, 0.2) is 17.5 Å². The molecule has 3 nitrogen and oxygen atoms in total. The largest absolute Gasteiger partial charge is 0.492 e. The highest BCUT2D eigenvalue weighted by atomic mass is 32.1. The van der Waals surface area contributed by atoms with Crippen molar-refractivity contribution in [1.82, 2.24) is 4.98 Å². The molecule has 3 aromatic rings.